The molecule has 1 aliphatic heterocycles. The summed E-state index contributed by atoms with van der Waals surface area (Å²) in [5.74, 6) is -0.793. The molecule has 0 unspecified atom stereocenters. The van der Waals surface area contributed by atoms with Crippen molar-refractivity contribution in [3.63, 3.8) is 0 Å². The lowest BCUT2D eigenvalue weighted by molar-refractivity contribution is 0.101. The van der Waals surface area contributed by atoms with Crippen LogP contribution in [0.5, 0.6) is 0 Å². The molecule has 0 radical (unpaired) electrons. The van der Waals surface area contributed by atoms with E-state index in [2.05, 4.69) is 15.9 Å². The fourth-order valence-corrected chi connectivity index (χ4v) is 1.94. The number of allylic oxidation sites excluding steroid dienone is 1. The first-order chi connectivity index (χ1) is 7.68. The van der Waals surface area contributed by atoms with Crippen LogP contribution in [-0.4, -0.2) is 12.4 Å². The summed E-state index contributed by atoms with van der Waals surface area (Å²) in [5.41, 5.74) is 0.620. The van der Waals surface area contributed by atoms with E-state index in [1.54, 1.807) is 6.07 Å². The number of hydrogen-bond acceptors (Lipinski definition) is 2. The number of rotatable bonds is 2. The number of carbonyl (C=O) groups is 1. The topological polar surface area (TPSA) is 26.3 Å². The number of benzene rings is 1. The van der Waals surface area contributed by atoms with Crippen LogP contribution in [-0.2, 0) is 4.74 Å². The predicted octanol–water partition coefficient (Wildman–Crippen LogP) is 3.47. The quantitative estimate of drug-likeness (QED) is 0.778. The normalized spacial score (nSPS) is 15.2. The average molecular weight is 285 g/mol. The molecular formula is C12H10BrFO2. The number of hydrogen-bond donors (Lipinski definition) is 0. The zero-order valence-corrected chi connectivity index (χ0v) is 10.1. The van der Waals surface area contributed by atoms with E-state index < -0.39 is 5.82 Å². The first kappa shape index (κ1) is 11.3. The third kappa shape index (κ3) is 2.32. The van der Waals surface area contributed by atoms with Crippen molar-refractivity contribution in [1.29, 1.82) is 0 Å². The number of halogens is 2. The van der Waals surface area contributed by atoms with Crippen LogP contribution in [0.4, 0.5) is 4.39 Å². The minimum Gasteiger partial charge on any atom is -0.501 e. The number of ether oxygens (including phenoxy) is 1. The maximum atomic E-state index is 13.5. The van der Waals surface area contributed by atoms with Gasteiger partial charge in [-0.3, -0.25) is 4.79 Å². The van der Waals surface area contributed by atoms with Gasteiger partial charge >= 0.3 is 0 Å². The van der Waals surface area contributed by atoms with Crippen molar-refractivity contribution < 1.29 is 13.9 Å². The van der Waals surface area contributed by atoms with Crippen molar-refractivity contribution in [2.45, 2.75) is 12.8 Å². The summed E-state index contributed by atoms with van der Waals surface area (Å²) in [6.07, 6.45) is 2.88. The van der Waals surface area contributed by atoms with Crippen LogP contribution < -0.4 is 0 Å². The van der Waals surface area contributed by atoms with Crippen molar-refractivity contribution in [2.75, 3.05) is 6.61 Å². The zero-order valence-electron chi connectivity index (χ0n) is 8.50. The maximum Gasteiger partial charge on any atom is 0.195 e. The maximum absolute atomic E-state index is 13.5. The molecule has 0 saturated heterocycles. The van der Waals surface area contributed by atoms with E-state index in [0.717, 1.165) is 6.42 Å². The van der Waals surface area contributed by atoms with Crippen LogP contribution in [0.2, 0.25) is 0 Å². The molecule has 1 aromatic carbocycles. The summed E-state index contributed by atoms with van der Waals surface area (Å²) < 4.78 is 19.2. The molecule has 1 aliphatic rings. The molecule has 1 aromatic rings. The minimum absolute atomic E-state index is 0.0890. The second-order valence-corrected chi connectivity index (χ2v) is 4.49. The van der Waals surface area contributed by atoms with Gasteiger partial charge in [-0.05, 0) is 31.0 Å². The summed E-state index contributed by atoms with van der Waals surface area (Å²) in [6, 6.07) is 4.34. The molecule has 16 heavy (non-hydrogen) atoms. The van der Waals surface area contributed by atoms with Gasteiger partial charge in [-0.1, -0.05) is 15.9 Å². The molecule has 84 valence electrons. The van der Waals surface area contributed by atoms with Crippen LogP contribution in [0.1, 0.15) is 23.2 Å². The van der Waals surface area contributed by atoms with Crippen LogP contribution in [0.3, 0.4) is 0 Å². The van der Waals surface area contributed by atoms with Gasteiger partial charge in [0.2, 0.25) is 0 Å². The monoisotopic (exact) mass is 284 g/mol. The Balaban J connectivity index is 2.33. The van der Waals surface area contributed by atoms with Gasteiger partial charge in [0.15, 0.2) is 5.78 Å². The molecule has 0 aromatic heterocycles. The van der Waals surface area contributed by atoms with Crippen LogP contribution in [0.15, 0.2) is 34.5 Å². The second-order valence-electron chi connectivity index (χ2n) is 3.57. The van der Waals surface area contributed by atoms with Gasteiger partial charge in [-0.2, -0.15) is 0 Å². The van der Waals surface area contributed by atoms with E-state index in [9.17, 15) is 9.18 Å². The Bertz CT molecular complexity index is 454. The molecule has 0 spiro atoms. The van der Waals surface area contributed by atoms with E-state index >= 15 is 0 Å². The van der Waals surface area contributed by atoms with Crippen LogP contribution in [0.25, 0.3) is 0 Å². The Kier molecular flexibility index (Phi) is 3.39. The summed E-state index contributed by atoms with van der Waals surface area (Å²) in [6.45, 7) is 0.623. The summed E-state index contributed by atoms with van der Waals surface area (Å²) in [4.78, 5) is 12.0. The summed E-state index contributed by atoms with van der Waals surface area (Å²) >= 11 is 3.22. The van der Waals surface area contributed by atoms with E-state index in [1.165, 1.54) is 18.4 Å². The van der Waals surface area contributed by atoms with Crippen molar-refractivity contribution in [3.8, 4) is 0 Å². The lowest BCUT2D eigenvalue weighted by Crippen LogP contribution is -2.10. The van der Waals surface area contributed by atoms with Gasteiger partial charge in [-0.15, -0.1) is 0 Å². The standard InChI is InChI=1S/C12H10BrFO2/c13-9-3-4-11(14)10(6-9)12(15)8-2-1-5-16-7-8/h3-4,6-7H,1-2,5H2. The lowest BCUT2D eigenvalue weighted by Gasteiger charge is -2.13. The Morgan fingerprint density at radius 1 is 1.44 bits per heavy atom. The van der Waals surface area contributed by atoms with Gasteiger partial charge in [0, 0.05) is 10.0 Å². The predicted molar refractivity (Wildman–Crippen MR) is 61.7 cm³/mol. The lowest BCUT2D eigenvalue weighted by atomic mass is 9.99. The third-order valence-electron chi connectivity index (χ3n) is 2.40. The Morgan fingerprint density at radius 2 is 2.25 bits per heavy atom. The number of Topliss-reactive ketones (excluding diaryl/α,β-unsaturated/α-hetero) is 1. The SMILES string of the molecule is O=C(C1=COCCC1)c1cc(Br)ccc1F. The van der Waals surface area contributed by atoms with Crippen LogP contribution >= 0.6 is 15.9 Å². The molecule has 0 N–H and O–H groups in total. The fraction of sp³-hybridized carbons (Fsp3) is 0.250. The minimum atomic E-state index is -0.500. The van der Waals surface area contributed by atoms with Crippen molar-refractivity contribution in [1.82, 2.24) is 0 Å². The second kappa shape index (κ2) is 4.78. The molecule has 2 nitrogen and oxygen atoms in total. The van der Waals surface area contributed by atoms with Crippen molar-refractivity contribution in [2.24, 2.45) is 0 Å². The van der Waals surface area contributed by atoms with E-state index in [4.69, 9.17) is 4.74 Å². The zero-order chi connectivity index (χ0) is 11.5. The highest BCUT2D eigenvalue weighted by atomic mass is 79.9. The summed E-state index contributed by atoms with van der Waals surface area (Å²) in [7, 11) is 0. The van der Waals surface area contributed by atoms with E-state index in [1.807, 2.05) is 0 Å². The average Bonchev–Trinajstić information content (AvgIpc) is 2.32. The van der Waals surface area contributed by atoms with Crippen molar-refractivity contribution >= 4 is 21.7 Å². The molecule has 0 saturated carbocycles. The van der Waals surface area contributed by atoms with E-state index in [-0.39, 0.29) is 11.3 Å². The molecule has 0 atom stereocenters. The Hall–Kier alpha value is -1.16. The van der Waals surface area contributed by atoms with Gasteiger partial charge in [0.25, 0.3) is 0 Å². The fourth-order valence-electron chi connectivity index (χ4n) is 1.58. The molecule has 1 heterocycles. The molecule has 0 bridgehead atoms. The van der Waals surface area contributed by atoms with Gasteiger partial charge in [0.1, 0.15) is 5.82 Å². The van der Waals surface area contributed by atoms with Gasteiger partial charge in [-0.25, -0.2) is 4.39 Å². The molecular weight excluding hydrogens is 275 g/mol. The molecule has 2 rings (SSSR count). The smallest absolute Gasteiger partial charge is 0.195 e. The number of ketones is 1. The Morgan fingerprint density at radius 3 is 2.94 bits per heavy atom. The molecule has 0 fully saturated rings. The largest absolute Gasteiger partial charge is 0.501 e. The van der Waals surface area contributed by atoms with Crippen molar-refractivity contribution in [3.05, 3.63) is 45.9 Å². The van der Waals surface area contributed by atoms with E-state index in [0.29, 0.717) is 23.1 Å². The molecule has 0 amide bonds. The third-order valence-corrected chi connectivity index (χ3v) is 2.89. The highest BCUT2D eigenvalue weighted by molar-refractivity contribution is 9.10. The Labute approximate surface area is 101 Å². The number of carbonyl (C=O) groups excluding carboxylic acids is 1. The van der Waals surface area contributed by atoms with Gasteiger partial charge in [0.05, 0.1) is 18.4 Å². The molecule has 4 heteroatoms. The molecule has 0 aliphatic carbocycles. The van der Waals surface area contributed by atoms with Crippen LogP contribution in [0, 0.1) is 5.82 Å². The summed E-state index contributed by atoms with van der Waals surface area (Å²) in [5, 5.41) is 0. The first-order valence-electron chi connectivity index (χ1n) is 4.99. The van der Waals surface area contributed by atoms with Gasteiger partial charge < -0.3 is 4.74 Å². The highest BCUT2D eigenvalue weighted by Gasteiger charge is 2.18. The highest BCUT2D eigenvalue weighted by Crippen LogP contribution is 2.22. The first-order valence-corrected chi connectivity index (χ1v) is 5.78.